The Kier molecular flexibility index (Phi) is 6.22. The monoisotopic (exact) mass is 344 g/mol. The first-order chi connectivity index (χ1) is 12.0. The maximum absolute atomic E-state index is 11.8. The second-order valence-electron chi connectivity index (χ2n) is 5.23. The predicted octanol–water partition coefficient (Wildman–Crippen LogP) is 1.84. The van der Waals surface area contributed by atoms with E-state index in [4.69, 9.17) is 9.47 Å². The number of hydrogen-bond acceptors (Lipinski definition) is 5. The van der Waals surface area contributed by atoms with Gasteiger partial charge in [0.25, 0.3) is 0 Å². The first kappa shape index (κ1) is 18.1. The lowest BCUT2D eigenvalue weighted by molar-refractivity contribution is -0.136. The van der Waals surface area contributed by atoms with Gasteiger partial charge >= 0.3 is 11.8 Å². The molecule has 0 unspecified atom stereocenters. The number of carbonyl (C=O) groups excluding carboxylic acids is 2. The molecule has 2 aromatic rings. The lowest BCUT2D eigenvalue weighted by Crippen LogP contribution is -2.37. The largest absolute Gasteiger partial charge is 0.508 e. The van der Waals surface area contributed by atoms with E-state index in [0.29, 0.717) is 17.0 Å². The van der Waals surface area contributed by atoms with Gasteiger partial charge in [-0.25, -0.2) is 0 Å². The quantitative estimate of drug-likeness (QED) is 0.422. The number of aromatic hydroxyl groups is 1. The molecule has 0 aliphatic heterocycles. The third-order valence-electron chi connectivity index (χ3n) is 3.38. The Labute approximate surface area is 145 Å². The van der Waals surface area contributed by atoms with Gasteiger partial charge in [-0.15, -0.1) is 0 Å². The van der Waals surface area contributed by atoms with Crippen LogP contribution >= 0.6 is 0 Å². The molecule has 132 valence electrons. The van der Waals surface area contributed by atoms with E-state index < -0.39 is 11.8 Å². The van der Waals surface area contributed by atoms with Gasteiger partial charge in [0.15, 0.2) is 0 Å². The number of phenols is 1. The number of nitrogens with one attached hydrogen (secondary N) is 2. The first-order valence-electron chi connectivity index (χ1n) is 7.65. The summed E-state index contributed by atoms with van der Waals surface area (Å²) in [5.74, 6) is -0.0826. The van der Waals surface area contributed by atoms with Crippen molar-refractivity contribution in [3.05, 3.63) is 48.0 Å². The van der Waals surface area contributed by atoms with Gasteiger partial charge in [0.05, 0.1) is 13.7 Å². The Morgan fingerprint density at radius 1 is 1.04 bits per heavy atom. The van der Waals surface area contributed by atoms with Gasteiger partial charge in [-0.2, -0.15) is 0 Å². The number of amides is 2. The molecule has 7 nitrogen and oxygen atoms in total. The average Bonchev–Trinajstić information content (AvgIpc) is 2.61. The number of anilines is 1. The zero-order chi connectivity index (χ0) is 18.2. The zero-order valence-electron chi connectivity index (χ0n) is 14.0. The van der Waals surface area contributed by atoms with Gasteiger partial charge in [-0.05, 0) is 55.0 Å². The van der Waals surface area contributed by atoms with Crippen LogP contribution in [0.1, 0.15) is 5.56 Å². The molecule has 0 bridgehead atoms. The van der Waals surface area contributed by atoms with E-state index in [1.807, 2.05) is 0 Å². The summed E-state index contributed by atoms with van der Waals surface area (Å²) in [4.78, 5) is 23.6. The molecule has 0 saturated heterocycles. The van der Waals surface area contributed by atoms with Gasteiger partial charge in [-0.3, -0.25) is 9.59 Å². The van der Waals surface area contributed by atoms with E-state index >= 15 is 0 Å². The highest BCUT2D eigenvalue weighted by molar-refractivity contribution is 6.39. The van der Waals surface area contributed by atoms with Gasteiger partial charge in [-0.1, -0.05) is 0 Å². The van der Waals surface area contributed by atoms with Crippen LogP contribution in [0.25, 0.3) is 0 Å². The van der Waals surface area contributed by atoms with Crippen molar-refractivity contribution in [2.24, 2.45) is 0 Å². The first-order valence-corrected chi connectivity index (χ1v) is 7.65. The maximum atomic E-state index is 11.8. The summed E-state index contributed by atoms with van der Waals surface area (Å²) >= 11 is 0. The number of methoxy groups -OCH3 is 1. The second kappa shape index (κ2) is 8.58. The molecule has 2 aromatic carbocycles. The Balaban J connectivity index is 1.74. The van der Waals surface area contributed by atoms with Crippen LogP contribution in [-0.2, 0) is 9.59 Å². The summed E-state index contributed by atoms with van der Waals surface area (Å²) in [6.45, 7) is 2.13. The summed E-state index contributed by atoms with van der Waals surface area (Å²) < 4.78 is 10.5. The van der Waals surface area contributed by atoms with Crippen molar-refractivity contribution in [1.29, 1.82) is 0 Å². The molecule has 0 atom stereocenters. The van der Waals surface area contributed by atoms with Crippen LogP contribution in [0.5, 0.6) is 17.2 Å². The second-order valence-corrected chi connectivity index (χ2v) is 5.23. The third-order valence-corrected chi connectivity index (χ3v) is 3.38. The SMILES string of the molecule is COc1ccc(OCCNC(=O)C(=O)Nc2ccc(O)cc2C)cc1. The lowest BCUT2D eigenvalue weighted by atomic mass is 10.2. The molecular weight excluding hydrogens is 324 g/mol. The summed E-state index contributed by atoms with van der Waals surface area (Å²) in [7, 11) is 1.58. The summed E-state index contributed by atoms with van der Waals surface area (Å²) in [6.07, 6.45) is 0. The smallest absolute Gasteiger partial charge is 0.313 e. The topological polar surface area (TPSA) is 96.9 Å². The van der Waals surface area contributed by atoms with E-state index in [9.17, 15) is 14.7 Å². The zero-order valence-corrected chi connectivity index (χ0v) is 14.0. The summed E-state index contributed by atoms with van der Waals surface area (Å²) in [5, 5.41) is 14.3. The van der Waals surface area contributed by atoms with Crippen molar-refractivity contribution in [1.82, 2.24) is 5.32 Å². The molecule has 3 N–H and O–H groups in total. The number of ether oxygens (including phenoxy) is 2. The fourth-order valence-electron chi connectivity index (χ4n) is 2.05. The van der Waals surface area contributed by atoms with Crippen molar-refractivity contribution in [3.8, 4) is 17.2 Å². The molecule has 0 radical (unpaired) electrons. The number of hydrogen-bond donors (Lipinski definition) is 3. The van der Waals surface area contributed by atoms with Crippen LogP contribution in [0.4, 0.5) is 5.69 Å². The summed E-state index contributed by atoms with van der Waals surface area (Å²) in [5.41, 5.74) is 1.12. The van der Waals surface area contributed by atoms with Crippen LogP contribution in [0.3, 0.4) is 0 Å². The van der Waals surface area contributed by atoms with Crippen molar-refractivity contribution in [2.45, 2.75) is 6.92 Å². The number of carbonyl (C=O) groups is 2. The van der Waals surface area contributed by atoms with E-state index in [1.54, 1.807) is 38.3 Å². The van der Waals surface area contributed by atoms with E-state index in [2.05, 4.69) is 10.6 Å². The highest BCUT2D eigenvalue weighted by Gasteiger charge is 2.14. The number of aryl methyl sites for hydroxylation is 1. The number of phenolic OH excluding ortho intramolecular Hbond substituents is 1. The average molecular weight is 344 g/mol. The Morgan fingerprint density at radius 3 is 2.36 bits per heavy atom. The molecule has 0 aromatic heterocycles. The van der Waals surface area contributed by atoms with E-state index in [1.165, 1.54) is 18.2 Å². The number of rotatable bonds is 6. The highest BCUT2D eigenvalue weighted by Crippen LogP contribution is 2.20. The molecule has 0 aliphatic rings. The van der Waals surface area contributed by atoms with Gasteiger partial charge < -0.3 is 25.2 Å². The fourth-order valence-corrected chi connectivity index (χ4v) is 2.05. The minimum absolute atomic E-state index is 0.0932. The van der Waals surface area contributed by atoms with Crippen molar-refractivity contribution in [2.75, 3.05) is 25.6 Å². The highest BCUT2D eigenvalue weighted by atomic mass is 16.5. The molecule has 0 spiro atoms. The maximum Gasteiger partial charge on any atom is 0.313 e. The van der Waals surface area contributed by atoms with Gasteiger partial charge in [0.2, 0.25) is 0 Å². The molecule has 25 heavy (non-hydrogen) atoms. The van der Waals surface area contributed by atoms with Crippen molar-refractivity contribution in [3.63, 3.8) is 0 Å². The minimum atomic E-state index is -0.779. The van der Waals surface area contributed by atoms with Crippen LogP contribution < -0.4 is 20.1 Å². The number of benzene rings is 2. The third kappa shape index (κ3) is 5.42. The standard InChI is InChI=1S/C18H20N2O5/c1-12-11-13(21)3-8-16(12)20-18(23)17(22)19-9-10-25-15-6-4-14(24-2)5-7-15/h3-8,11,21H,9-10H2,1-2H3,(H,19,22)(H,20,23). The Bertz CT molecular complexity index is 744. The van der Waals surface area contributed by atoms with Crippen LogP contribution in [0, 0.1) is 6.92 Å². The Hall–Kier alpha value is -3.22. The van der Waals surface area contributed by atoms with E-state index in [0.717, 1.165) is 5.75 Å². The minimum Gasteiger partial charge on any atom is -0.508 e. The van der Waals surface area contributed by atoms with Crippen molar-refractivity contribution >= 4 is 17.5 Å². The van der Waals surface area contributed by atoms with Crippen molar-refractivity contribution < 1.29 is 24.2 Å². The van der Waals surface area contributed by atoms with E-state index in [-0.39, 0.29) is 18.9 Å². The van der Waals surface area contributed by atoms with Gasteiger partial charge in [0.1, 0.15) is 23.9 Å². The predicted molar refractivity (Wildman–Crippen MR) is 93.0 cm³/mol. The molecule has 0 aliphatic carbocycles. The lowest BCUT2D eigenvalue weighted by Gasteiger charge is -2.10. The van der Waals surface area contributed by atoms with Gasteiger partial charge in [0, 0.05) is 5.69 Å². The Morgan fingerprint density at radius 2 is 1.72 bits per heavy atom. The molecule has 0 heterocycles. The molecule has 0 fully saturated rings. The molecule has 0 saturated carbocycles. The summed E-state index contributed by atoms with van der Waals surface area (Å²) in [6, 6.07) is 11.5. The van der Waals surface area contributed by atoms with Crippen LogP contribution in [0.2, 0.25) is 0 Å². The molecule has 7 heteroatoms. The van der Waals surface area contributed by atoms with Crippen LogP contribution in [0.15, 0.2) is 42.5 Å². The van der Waals surface area contributed by atoms with Crippen LogP contribution in [-0.4, -0.2) is 37.2 Å². The molecule has 2 rings (SSSR count). The molecule has 2 amide bonds. The fraction of sp³-hybridized carbons (Fsp3) is 0.222. The molecular formula is C18H20N2O5. The normalized spacial score (nSPS) is 10.0.